The number of anilines is 1. The summed E-state index contributed by atoms with van der Waals surface area (Å²) in [5.74, 6) is 1.88. The number of nitrogens with zero attached hydrogens (tertiary/aromatic N) is 3. The predicted molar refractivity (Wildman–Crippen MR) is 70.9 cm³/mol. The first kappa shape index (κ1) is 11.3. The highest BCUT2D eigenvalue weighted by atomic mass is 32.1. The van der Waals surface area contributed by atoms with Gasteiger partial charge < -0.3 is 4.90 Å². The molecule has 2 aliphatic carbocycles. The fourth-order valence-corrected chi connectivity index (χ4v) is 3.17. The average Bonchev–Trinajstić information content (AvgIpc) is 2.86. The summed E-state index contributed by atoms with van der Waals surface area (Å²) in [6.45, 7) is 1.12. The first-order valence-electron chi connectivity index (χ1n) is 6.64. The summed E-state index contributed by atoms with van der Waals surface area (Å²) in [5, 5.41) is 7.33. The Labute approximate surface area is 107 Å². The Hall–Kier alpha value is -0.840. The lowest BCUT2D eigenvalue weighted by Crippen LogP contribution is -2.26. The third kappa shape index (κ3) is 2.25. The Bertz CT molecular complexity index is 440. The maximum atomic E-state index is 5.31. The molecule has 0 aromatic carbocycles. The van der Waals surface area contributed by atoms with Crippen LogP contribution in [-0.2, 0) is 0 Å². The molecule has 2 aliphatic rings. The van der Waals surface area contributed by atoms with Gasteiger partial charge in [-0.25, -0.2) is 5.10 Å². The lowest BCUT2D eigenvalue weighted by atomic mass is 10.1. The van der Waals surface area contributed by atoms with E-state index in [9.17, 15) is 0 Å². The van der Waals surface area contributed by atoms with Crippen molar-refractivity contribution in [1.29, 1.82) is 0 Å². The summed E-state index contributed by atoms with van der Waals surface area (Å²) in [6, 6.07) is 0.599. The fourth-order valence-electron chi connectivity index (χ4n) is 2.89. The number of rotatable bonds is 4. The van der Waals surface area contributed by atoms with E-state index in [0.29, 0.717) is 6.04 Å². The molecule has 0 saturated heterocycles. The van der Waals surface area contributed by atoms with E-state index in [1.165, 1.54) is 38.5 Å². The van der Waals surface area contributed by atoms with E-state index in [1.54, 1.807) is 0 Å². The summed E-state index contributed by atoms with van der Waals surface area (Å²) in [5.41, 5.74) is 0. The van der Waals surface area contributed by atoms with Gasteiger partial charge in [-0.15, -0.1) is 5.10 Å². The van der Waals surface area contributed by atoms with Gasteiger partial charge in [0, 0.05) is 19.6 Å². The molecule has 1 aromatic heterocycles. The monoisotopic (exact) mass is 252 g/mol. The molecule has 4 nitrogen and oxygen atoms in total. The SMILES string of the molecule is CN(CC1CCCC1)c1n[nH]c(=S)n1C1CC1. The maximum absolute atomic E-state index is 5.31. The number of hydrogen-bond donors (Lipinski definition) is 1. The Balaban J connectivity index is 1.75. The second kappa shape index (κ2) is 4.44. The Morgan fingerprint density at radius 2 is 2.06 bits per heavy atom. The molecule has 17 heavy (non-hydrogen) atoms. The van der Waals surface area contributed by atoms with Gasteiger partial charge in [-0.1, -0.05) is 12.8 Å². The van der Waals surface area contributed by atoms with Gasteiger partial charge in [-0.3, -0.25) is 4.57 Å². The second-order valence-corrected chi connectivity index (χ2v) is 5.85. The minimum absolute atomic E-state index is 0.599. The van der Waals surface area contributed by atoms with Crippen molar-refractivity contribution in [2.24, 2.45) is 5.92 Å². The molecule has 1 N–H and O–H groups in total. The molecule has 0 radical (unpaired) electrons. The van der Waals surface area contributed by atoms with Crippen LogP contribution in [0.2, 0.25) is 0 Å². The number of H-pyrrole nitrogens is 1. The predicted octanol–water partition coefficient (Wildman–Crippen LogP) is 2.90. The number of nitrogens with one attached hydrogen (secondary N) is 1. The molecule has 5 heteroatoms. The van der Waals surface area contributed by atoms with Gasteiger partial charge in [0.15, 0.2) is 4.77 Å². The van der Waals surface area contributed by atoms with Crippen molar-refractivity contribution < 1.29 is 0 Å². The molecule has 0 unspecified atom stereocenters. The van der Waals surface area contributed by atoms with Crippen LogP contribution >= 0.6 is 12.2 Å². The molecular weight excluding hydrogens is 232 g/mol. The summed E-state index contributed by atoms with van der Waals surface area (Å²) in [7, 11) is 2.14. The first-order chi connectivity index (χ1) is 8.25. The molecule has 1 aromatic rings. The average molecular weight is 252 g/mol. The molecule has 94 valence electrons. The zero-order valence-electron chi connectivity index (χ0n) is 10.4. The molecule has 0 bridgehead atoms. The standard InChI is InChI=1S/C12H20N4S/c1-15(8-9-4-2-3-5-9)11-13-14-12(17)16(11)10-6-7-10/h9-10H,2-8H2,1H3,(H,14,17). The number of aromatic amines is 1. The highest BCUT2D eigenvalue weighted by Crippen LogP contribution is 2.38. The van der Waals surface area contributed by atoms with Crippen molar-refractivity contribution in [1.82, 2.24) is 14.8 Å². The van der Waals surface area contributed by atoms with Crippen LogP contribution in [0.5, 0.6) is 0 Å². The van der Waals surface area contributed by atoms with Gasteiger partial charge in [-0.2, -0.15) is 0 Å². The lowest BCUT2D eigenvalue weighted by Gasteiger charge is -2.22. The highest BCUT2D eigenvalue weighted by Gasteiger charge is 2.29. The number of hydrogen-bond acceptors (Lipinski definition) is 3. The summed E-state index contributed by atoms with van der Waals surface area (Å²) >= 11 is 5.31. The van der Waals surface area contributed by atoms with Gasteiger partial charge in [0.2, 0.25) is 5.95 Å². The van der Waals surface area contributed by atoms with E-state index in [4.69, 9.17) is 12.2 Å². The van der Waals surface area contributed by atoms with Crippen LogP contribution in [0, 0.1) is 10.7 Å². The normalized spacial score (nSPS) is 21.0. The van der Waals surface area contributed by atoms with Gasteiger partial charge in [0.1, 0.15) is 0 Å². The molecule has 2 saturated carbocycles. The van der Waals surface area contributed by atoms with Crippen LogP contribution in [0.3, 0.4) is 0 Å². The van der Waals surface area contributed by atoms with Gasteiger partial charge in [0.25, 0.3) is 0 Å². The molecule has 0 amide bonds. The van der Waals surface area contributed by atoms with Crippen molar-refractivity contribution >= 4 is 18.2 Å². The molecular formula is C12H20N4S. The molecule has 0 spiro atoms. The van der Waals surface area contributed by atoms with Gasteiger partial charge >= 0.3 is 0 Å². The lowest BCUT2D eigenvalue weighted by molar-refractivity contribution is 0.536. The summed E-state index contributed by atoms with van der Waals surface area (Å²) < 4.78 is 2.98. The molecule has 1 heterocycles. The van der Waals surface area contributed by atoms with E-state index in [-0.39, 0.29) is 0 Å². The zero-order valence-corrected chi connectivity index (χ0v) is 11.2. The van der Waals surface area contributed by atoms with Crippen LogP contribution in [0.1, 0.15) is 44.6 Å². The highest BCUT2D eigenvalue weighted by molar-refractivity contribution is 7.71. The zero-order chi connectivity index (χ0) is 11.8. The largest absolute Gasteiger partial charge is 0.344 e. The fraction of sp³-hybridized carbons (Fsp3) is 0.833. The minimum atomic E-state index is 0.599. The molecule has 2 fully saturated rings. The Morgan fingerprint density at radius 3 is 2.71 bits per heavy atom. The van der Waals surface area contributed by atoms with Crippen molar-refractivity contribution in [2.45, 2.75) is 44.6 Å². The Morgan fingerprint density at radius 1 is 1.35 bits per heavy atom. The quantitative estimate of drug-likeness (QED) is 0.837. The van der Waals surface area contributed by atoms with E-state index in [0.717, 1.165) is 23.2 Å². The third-order valence-electron chi connectivity index (χ3n) is 3.95. The van der Waals surface area contributed by atoms with E-state index < -0.39 is 0 Å². The van der Waals surface area contributed by atoms with Crippen molar-refractivity contribution in [3.63, 3.8) is 0 Å². The third-order valence-corrected chi connectivity index (χ3v) is 4.23. The molecule has 0 atom stereocenters. The maximum Gasteiger partial charge on any atom is 0.225 e. The minimum Gasteiger partial charge on any atom is -0.344 e. The smallest absolute Gasteiger partial charge is 0.225 e. The van der Waals surface area contributed by atoms with Crippen molar-refractivity contribution in [3.8, 4) is 0 Å². The molecule has 0 aliphatic heterocycles. The van der Waals surface area contributed by atoms with Gasteiger partial charge in [-0.05, 0) is 43.8 Å². The Kier molecular flexibility index (Phi) is 2.94. The molecule has 3 rings (SSSR count). The van der Waals surface area contributed by atoms with Gasteiger partial charge in [0.05, 0.1) is 0 Å². The number of aromatic nitrogens is 3. The van der Waals surface area contributed by atoms with E-state index in [2.05, 4.69) is 26.7 Å². The van der Waals surface area contributed by atoms with Crippen LogP contribution in [0.4, 0.5) is 5.95 Å². The van der Waals surface area contributed by atoms with E-state index in [1.807, 2.05) is 0 Å². The van der Waals surface area contributed by atoms with Crippen LogP contribution in [0.15, 0.2) is 0 Å². The second-order valence-electron chi connectivity index (χ2n) is 5.46. The topological polar surface area (TPSA) is 36.9 Å². The summed E-state index contributed by atoms with van der Waals surface area (Å²) in [4.78, 5) is 2.28. The van der Waals surface area contributed by atoms with Crippen LogP contribution < -0.4 is 4.90 Å². The first-order valence-corrected chi connectivity index (χ1v) is 7.04. The van der Waals surface area contributed by atoms with E-state index >= 15 is 0 Å². The van der Waals surface area contributed by atoms with Crippen LogP contribution in [0.25, 0.3) is 0 Å². The summed E-state index contributed by atoms with van der Waals surface area (Å²) in [6.07, 6.45) is 8.04. The van der Waals surface area contributed by atoms with Crippen LogP contribution in [-0.4, -0.2) is 28.4 Å². The van der Waals surface area contributed by atoms with Crippen molar-refractivity contribution in [3.05, 3.63) is 4.77 Å². The van der Waals surface area contributed by atoms with Crippen molar-refractivity contribution in [2.75, 3.05) is 18.5 Å².